The SMILES string of the molecule is COC(=O)c1ccc(-c2cccc(-c3c(-c4ccsc4C)c4cc(F)ccc4n3S(=O)(=O)c3ccc(C)cc3)c2)c(Cl)c1. The molecule has 6 aromatic rings. The van der Waals surface area contributed by atoms with Crippen molar-refractivity contribution >= 4 is 49.8 Å². The molecule has 6 rings (SSSR count). The van der Waals surface area contributed by atoms with E-state index in [4.69, 9.17) is 16.3 Å². The minimum Gasteiger partial charge on any atom is -0.465 e. The van der Waals surface area contributed by atoms with Crippen LogP contribution in [0, 0.1) is 19.7 Å². The molecule has 0 aliphatic rings. The maximum Gasteiger partial charge on any atom is 0.337 e. The first-order valence-electron chi connectivity index (χ1n) is 13.3. The first kappa shape index (κ1) is 28.9. The molecule has 0 saturated heterocycles. The third kappa shape index (κ3) is 5.05. The Hall–Kier alpha value is -4.24. The number of ether oxygens (including phenoxy) is 1. The summed E-state index contributed by atoms with van der Waals surface area (Å²) in [6.07, 6.45) is 0. The van der Waals surface area contributed by atoms with Crippen LogP contribution in [0.5, 0.6) is 0 Å². The number of carbonyl (C=O) groups is 1. The smallest absolute Gasteiger partial charge is 0.337 e. The molecule has 0 amide bonds. The van der Waals surface area contributed by atoms with Gasteiger partial charge in [-0.25, -0.2) is 21.6 Å². The van der Waals surface area contributed by atoms with Gasteiger partial charge in [0, 0.05) is 32.0 Å². The Morgan fingerprint density at radius 2 is 1.63 bits per heavy atom. The number of halogens is 2. The van der Waals surface area contributed by atoms with Crippen LogP contribution in [0.3, 0.4) is 0 Å². The van der Waals surface area contributed by atoms with Gasteiger partial charge in [-0.1, -0.05) is 53.6 Å². The van der Waals surface area contributed by atoms with Crippen molar-refractivity contribution in [1.82, 2.24) is 3.97 Å². The van der Waals surface area contributed by atoms with Crippen molar-refractivity contribution in [2.45, 2.75) is 18.7 Å². The topological polar surface area (TPSA) is 65.4 Å². The third-order valence-electron chi connectivity index (χ3n) is 7.41. The molecule has 0 unspecified atom stereocenters. The number of methoxy groups -OCH3 is 1. The molecular formula is C34H25ClFNO4S2. The average Bonchev–Trinajstić information content (AvgIpc) is 3.57. The molecular weight excluding hydrogens is 605 g/mol. The van der Waals surface area contributed by atoms with Crippen molar-refractivity contribution < 1.29 is 22.3 Å². The molecule has 0 aliphatic heterocycles. The van der Waals surface area contributed by atoms with E-state index >= 15 is 0 Å². The summed E-state index contributed by atoms with van der Waals surface area (Å²) in [6, 6.07) is 25.0. The summed E-state index contributed by atoms with van der Waals surface area (Å²) in [6.45, 7) is 3.85. The van der Waals surface area contributed by atoms with Crippen LogP contribution < -0.4 is 0 Å². The summed E-state index contributed by atoms with van der Waals surface area (Å²) >= 11 is 8.16. The van der Waals surface area contributed by atoms with Gasteiger partial charge in [-0.05, 0) is 85.0 Å². The largest absolute Gasteiger partial charge is 0.465 e. The van der Waals surface area contributed by atoms with Crippen LogP contribution >= 0.6 is 22.9 Å². The molecule has 0 radical (unpaired) electrons. The lowest BCUT2D eigenvalue weighted by Gasteiger charge is -2.15. The highest BCUT2D eigenvalue weighted by atomic mass is 35.5. The summed E-state index contributed by atoms with van der Waals surface area (Å²) in [5.41, 5.74) is 5.41. The molecule has 43 heavy (non-hydrogen) atoms. The van der Waals surface area contributed by atoms with E-state index in [9.17, 15) is 17.6 Å². The van der Waals surface area contributed by atoms with Gasteiger partial charge in [-0.3, -0.25) is 0 Å². The zero-order chi connectivity index (χ0) is 30.5. The van der Waals surface area contributed by atoms with E-state index < -0.39 is 21.8 Å². The minimum atomic E-state index is -4.14. The number of aryl methyl sites for hydroxylation is 2. The van der Waals surface area contributed by atoms with Gasteiger partial charge in [0.2, 0.25) is 0 Å². The van der Waals surface area contributed by atoms with Crippen LogP contribution in [0.2, 0.25) is 5.02 Å². The summed E-state index contributed by atoms with van der Waals surface area (Å²) in [7, 11) is -2.84. The lowest BCUT2D eigenvalue weighted by molar-refractivity contribution is 0.0600. The van der Waals surface area contributed by atoms with Crippen molar-refractivity contribution in [3.63, 3.8) is 0 Å². The molecule has 0 bridgehead atoms. The number of esters is 1. The Kier molecular flexibility index (Phi) is 7.46. The number of rotatable bonds is 6. The van der Waals surface area contributed by atoms with E-state index in [1.165, 1.54) is 46.7 Å². The van der Waals surface area contributed by atoms with Crippen molar-refractivity contribution in [2.75, 3.05) is 7.11 Å². The molecule has 0 fully saturated rings. The number of hydrogen-bond donors (Lipinski definition) is 0. The van der Waals surface area contributed by atoms with Crippen molar-refractivity contribution in [2.24, 2.45) is 0 Å². The van der Waals surface area contributed by atoms with E-state index in [0.717, 1.165) is 16.0 Å². The van der Waals surface area contributed by atoms with Crippen LogP contribution in [-0.2, 0) is 14.8 Å². The third-order valence-corrected chi connectivity index (χ3v) is 10.3. The van der Waals surface area contributed by atoms with Gasteiger partial charge in [0.25, 0.3) is 10.0 Å². The van der Waals surface area contributed by atoms with E-state index in [0.29, 0.717) is 49.4 Å². The molecule has 0 atom stereocenters. The van der Waals surface area contributed by atoms with Gasteiger partial charge in [0.05, 0.1) is 28.8 Å². The summed E-state index contributed by atoms with van der Waals surface area (Å²) < 4.78 is 49.8. The molecule has 0 spiro atoms. The monoisotopic (exact) mass is 629 g/mol. The molecule has 216 valence electrons. The highest BCUT2D eigenvalue weighted by molar-refractivity contribution is 7.90. The number of fused-ring (bicyclic) bond motifs is 1. The van der Waals surface area contributed by atoms with Crippen LogP contribution in [0.15, 0.2) is 101 Å². The van der Waals surface area contributed by atoms with E-state index in [1.54, 1.807) is 36.4 Å². The van der Waals surface area contributed by atoms with Crippen molar-refractivity contribution in [3.8, 4) is 33.5 Å². The quantitative estimate of drug-likeness (QED) is 0.172. The average molecular weight is 630 g/mol. The Labute approximate surface area is 257 Å². The first-order chi connectivity index (χ1) is 20.6. The molecule has 4 aromatic carbocycles. The van der Waals surface area contributed by atoms with Crippen LogP contribution in [0.25, 0.3) is 44.4 Å². The number of thiophene rings is 1. The Morgan fingerprint density at radius 3 is 2.30 bits per heavy atom. The second-order valence-electron chi connectivity index (χ2n) is 10.1. The number of carbonyl (C=O) groups excluding carboxylic acids is 1. The second kappa shape index (κ2) is 11.1. The number of aromatic nitrogens is 1. The number of benzene rings is 4. The standard InChI is InChI=1S/C34H25ClFNO4S2/c1-20-7-11-26(12-8-20)43(39,40)37-31-14-10-25(36)19-29(31)32(27-15-16-42-21(27)2)33(37)23-6-4-5-22(17-23)28-13-9-24(18-30(28)35)34(38)41-3/h4-19H,1-3H3. The first-order valence-corrected chi connectivity index (χ1v) is 16.0. The molecule has 0 aliphatic carbocycles. The number of hydrogen-bond acceptors (Lipinski definition) is 5. The van der Waals surface area contributed by atoms with Crippen LogP contribution in [0.1, 0.15) is 20.8 Å². The predicted octanol–water partition coefficient (Wildman–Crippen LogP) is 9.14. The maximum atomic E-state index is 14.8. The summed E-state index contributed by atoms with van der Waals surface area (Å²) in [5.74, 6) is -0.972. The van der Waals surface area contributed by atoms with E-state index in [2.05, 4.69) is 0 Å². The zero-order valence-corrected chi connectivity index (χ0v) is 25.8. The minimum absolute atomic E-state index is 0.117. The fourth-order valence-electron chi connectivity index (χ4n) is 5.31. The zero-order valence-electron chi connectivity index (χ0n) is 23.4. The fraction of sp³-hybridized carbons (Fsp3) is 0.0882. The van der Waals surface area contributed by atoms with Crippen LogP contribution in [0.4, 0.5) is 4.39 Å². The molecule has 0 N–H and O–H groups in total. The second-order valence-corrected chi connectivity index (χ2v) is 13.4. The van der Waals surface area contributed by atoms with E-state index in [1.807, 2.05) is 49.6 Å². The number of nitrogens with zero attached hydrogens (tertiary/aromatic N) is 1. The molecule has 2 aromatic heterocycles. The van der Waals surface area contributed by atoms with E-state index in [-0.39, 0.29) is 4.90 Å². The predicted molar refractivity (Wildman–Crippen MR) is 171 cm³/mol. The fourth-order valence-corrected chi connectivity index (χ4v) is 7.85. The lowest BCUT2D eigenvalue weighted by atomic mass is 9.96. The summed E-state index contributed by atoms with van der Waals surface area (Å²) in [5, 5.41) is 2.76. The Bertz CT molecular complexity index is 2150. The van der Waals surface area contributed by atoms with Gasteiger partial charge in [-0.15, -0.1) is 11.3 Å². The molecule has 2 heterocycles. The Balaban J connectivity index is 1.68. The highest BCUT2D eigenvalue weighted by Gasteiger charge is 2.30. The Morgan fingerprint density at radius 1 is 0.884 bits per heavy atom. The van der Waals surface area contributed by atoms with Gasteiger partial charge in [0.15, 0.2) is 0 Å². The normalized spacial score (nSPS) is 11.7. The van der Waals surface area contributed by atoms with Gasteiger partial charge in [0.1, 0.15) is 5.82 Å². The highest BCUT2D eigenvalue weighted by Crippen LogP contribution is 2.46. The molecule has 9 heteroatoms. The van der Waals surface area contributed by atoms with Crippen LogP contribution in [-0.4, -0.2) is 25.5 Å². The van der Waals surface area contributed by atoms with Gasteiger partial charge >= 0.3 is 5.97 Å². The van der Waals surface area contributed by atoms with Crippen molar-refractivity contribution in [1.29, 1.82) is 0 Å². The van der Waals surface area contributed by atoms with Crippen molar-refractivity contribution in [3.05, 3.63) is 123 Å². The lowest BCUT2D eigenvalue weighted by Crippen LogP contribution is -2.14. The molecule has 5 nitrogen and oxygen atoms in total. The molecule has 0 saturated carbocycles. The van der Waals surface area contributed by atoms with Gasteiger partial charge < -0.3 is 4.74 Å². The maximum absolute atomic E-state index is 14.8. The summed E-state index contributed by atoms with van der Waals surface area (Å²) in [4.78, 5) is 13.1. The van der Waals surface area contributed by atoms with Gasteiger partial charge in [-0.2, -0.15) is 0 Å².